The Morgan fingerprint density at radius 1 is 0.889 bits per heavy atom. The van der Waals surface area contributed by atoms with Gasteiger partial charge in [0.2, 0.25) is 0 Å². The van der Waals surface area contributed by atoms with Crippen molar-refractivity contribution < 1.29 is 22.7 Å². The monoisotopic (exact) mass is 506 g/mol. The van der Waals surface area contributed by atoms with Gasteiger partial charge >= 0.3 is 5.97 Å². The van der Waals surface area contributed by atoms with Gasteiger partial charge in [0.25, 0.3) is 15.9 Å². The molecule has 1 saturated heterocycles. The molecule has 8 heteroatoms. The third-order valence-corrected chi connectivity index (χ3v) is 8.09. The first-order valence-electron chi connectivity index (χ1n) is 12.1. The fourth-order valence-corrected chi connectivity index (χ4v) is 5.79. The maximum Gasteiger partial charge on any atom is 0.309 e. The molecule has 1 aliphatic rings. The molecular weight excluding hydrogens is 476 g/mol. The van der Waals surface area contributed by atoms with E-state index in [-0.39, 0.29) is 29.2 Å². The van der Waals surface area contributed by atoms with E-state index >= 15 is 0 Å². The van der Waals surface area contributed by atoms with Crippen molar-refractivity contribution >= 4 is 27.6 Å². The van der Waals surface area contributed by atoms with E-state index in [4.69, 9.17) is 4.74 Å². The molecule has 188 valence electrons. The normalized spacial score (nSPS) is 14.3. The third kappa shape index (κ3) is 5.76. The van der Waals surface area contributed by atoms with Crippen LogP contribution in [0.5, 0.6) is 0 Å². The molecule has 0 spiro atoms. The number of sulfonamides is 1. The number of ether oxygens (including phenoxy) is 1. The van der Waals surface area contributed by atoms with Gasteiger partial charge in [-0.25, -0.2) is 8.42 Å². The summed E-state index contributed by atoms with van der Waals surface area (Å²) in [5, 5.41) is 0. The molecule has 0 bridgehead atoms. The quantitative estimate of drug-likeness (QED) is 0.420. The lowest BCUT2D eigenvalue weighted by Gasteiger charge is -2.31. The second kappa shape index (κ2) is 11.4. The van der Waals surface area contributed by atoms with Crippen molar-refractivity contribution in [3.05, 3.63) is 96.1 Å². The van der Waals surface area contributed by atoms with Crippen LogP contribution in [-0.4, -0.2) is 44.9 Å². The highest BCUT2D eigenvalue weighted by Crippen LogP contribution is 2.27. The highest BCUT2D eigenvalue weighted by atomic mass is 32.2. The van der Waals surface area contributed by atoms with Crippen LogP contribution in [0, 0.1) is 5.92 Å². The van der Waals surface area contributed by atoms with E-state index in [2.05, 4.69) is 0 Å². The van der Waals surface area contributed by atoms with E-state index in [9.17, 15) is 18.0 Å². The Bertz CT molecular complexity index is 1270. The molecule has 0 atom stereocenters. The predicted molar refractivity (Wildman–Crippen MR) is 138 cm³/mol. The summed E-state index contributed by atoms with van der Waals surface area (Å²) in [6.45, 7) is 3.25. The summed E-state index contributed by atoms with van der Waals surface area (Å²) in [5.74, 6) is -0.511. The SMILES string of the molecule is CCOC(=O)C1CCN(C(=O)c2ccc(N(Cc3ccccc3)S(=O)(=O)c3ccccc3)cc2)CC1. The lowest BCUT2D eigenvalue weighted by atomic mass is 9.96. The third-order valence-electron chi connectivity index (χ3n) is 6.30. The van der Waals surface area contributed by atoms with Crippen LogP contribution < -0.4 is 4.31 Å². The van der Waals surface area contributed by atoms with Crippen LogP contribution in [0.1, 0.15) is 35.7 Å². The highest BCUT2D eigenvalue weighted by Gasteiger charge is 2.29. The number of likely N-dealkylation sites (tertiary alicyclic amines) is 1. The summed E-state index contributed by atoms with van der Waals surface area (Å²) in [6, 6.07) is 24.4. The standard InChI is InChI=1S/C28H30N2O5S/c1-2-35-28(32)24-17-19-29(20-18-24)27(31)23-13-15-25(16-14-23)30(21-22-9-5-3-6-10-22)36(33,34)26-11-7-4-8-12-26/h3-16,24H,2,17-21H2,1H3. The van der Waals surface area contributed by atoms with Crippen LogP contribution >= 0.6 is 0 Å². The Hall–Kier alpha value is -3.65. The van der Waals surface area contributed by atoms with Gasteiger partial charge in [0.1, 0.15) is 0 Å². The van der Waals surface area contributed by atoms with Crippen molar-refractivity contribution in [1.29, 1.82) is 0 Å². The first-order valence-corrected chi connectivity index (χ1v) is 13.5. The molecule has 36 heavy (non-hydrogen) atoms. The average molecular weight is 507 g/mol. The van der Waals surface area contributed by atoms with Crippen LogP contribution in [0.4, 0.5) is 5.69 Å². The smallest absolute Gasteiger partial charge is 0.309 e. The van der Waals surface area contributed by atoms with Crippen LogP contribution in [0.25, 0.3) is 0 Å². The molecule has 0 aromatic heterocycles. The largest absolute Gasteiger partial charge is 0.466 e. The van der Waals surface area contributed by atoms with E-state index in [0.29, 0.717) is 43.8 Å². The lowest BCUT2D eigenvalue weighted by molar-refractivity contribution is -0.149. The molecule has 3 aromatic rings. The predicted octanol–water partition coefficient (Wildman–Crippen LogP) is 4.50. The molecule has 0 N–H and O–H groups in total. The maximum atomic E-state index is 13.5. The van der Waals surface area contributed by atoms with Gasteiger partial charge < -0.3 is 9.64 Å². The Morgan fingerprint density at radius 3 is 2.06 bits per heavy atom. The molecule has 1 heterocycles. The number of piperidine rings is 1. The minimum atomic E-state index is -3.83. The van der Waals surface area contributed by atoms with Crippen molar-refractivity contribution in [2.75, 3.05) is 24.0 Å². The number of hydrogen-bond acceptors (Lipinski definition) is 5. The number of nitrogens with zero attached hydrogens (tertiary/aromatic N) is 2. The number of hydrogen-bond donors (Lipinski definition) is 0. The number of carbonyl (C=O) groups is 2. The van der Waals surface area contributed by atoms with Crippen LogP contribution in [0.3, 0.4) is 0 Å². The van der Waals surface area contributed by atoms with Crippen LogP contribution in [0.2, 0.25) is 0 Å². The number of anilines is 1. The van der Waals surface area contributed by atoms with E-state index in [1.165, 1.54) is 4.31 Å². The highest BCUT2D eigenvalue weighted by molar-refractivity contribution is 7.92. The maximum absolute atomic E-state index is 13.5. The minimum absolute atomic E-state index is 0.135. The first-order chi connectivity index (χ1) is 17.4. The molecular formula is C28H30N2O5S. The van der Waals surface area contributed by atoms with E-state index in [1.54, 1.807) is 66.4 Å². The zero-order chi connectivity index (χ0) is 25.5. The molecule has 7 nitrogen and oxygen atoms in total. The molecule has 0 radical (unpaired) electrons. The summed E-state index contributed by atoms with van der Waals surface area (Å²) in [4.78, 5) is 27.0. The summed E-state index contributed by atoms with van der Waals surface area (Å²) >= 11 is 0. The van der Waals surface area contributed by atoms with Crippen molar-refractivity contribution in [2.45, 2.75) is 31.2 Å². The van der Waals surface area contributed by atoms with Crippen molar-refractivity contribution in [3.63, 3.8) is 0 Å². The Balaban J connectivity index is 1.53. The van der Waals surface area contributed by atoms with Gasteiger partial charge in [0, 0.05) is 18.7 Å². The molecule has 0 aliphatic carbocycles. The molecule has 4 rings (SSSR count). The van der Waals surface area contributed by atoms with Crippen molar-refractivity contribution in [1.82, 2.24) is 4.90 Å². The molecule has 1 aliphatic heterocycles. The lowest BCUT2D eigenvalue weighted by Crippen LogP contribution is -2.40. The Labute approximate surface area is 212 Å². The summed E-state index contributed by atoms with van der Waals surface area (Å²) in [5.41, 5.74) is 1.80. The van der Waals surface area contributed by atoms with E-state index < -0.39 is 10.0 Å². The van der Waals surface area contributed by atoms with Gasteiger partial charge in [-0.2, -0.15) is 0 Å². The second-order valence-corrected chi connectivity index (χ2v) is 10.5. The zero-order valence-corrected chi connectivity index (χ0v) is 21.1. The molecule has 0 saturated carbocycles. The number of amides is 1. The van der Waals surface area contributed by atoms with Crippen LogP contribution in [-0.2, 0) is 26.1 Å². The van der Waals surface area contributed by atoms with Gasteiger partial charge in [-0.3, -0.25) is 13.9 Å². The number of carbonyl (C=O) groups excluding carboxylic acids is 2. The minimum Gasteiger partial charge on any atom is -0.466 e. The van der Waals surface area contributed by atoms with E-state index in [0.717, 1.165) is 5.56 Å². The zero-order valence-electron chi connectivity index (χ0n) is 20.2. The topological polar surface area (TPSA) is 84.0 Å². The number of rotatable bonds is 8. The van der Waals surface area contributed by atoms with Crippen molar-refractivity contribution in [2.24, 2.45) is 5.92 Å². The average Bonchev–Trinajstić information content (AvgIpc) is 2.92. The number of esters is 1. The summed E-state index contributed by atoms with van der Waals surface area (Å²) in [7, 11) is -3.83. The van der Waals surface area contributed by atoms with Gasteiger partial charge in [-0.15, -0.1) is 0 Å². The molecule has 3 aromatic carbocycles. The molecule has 1 amide bonds. The first kappa shape index (κ1) is 25.4. The summed E-state index contributed by atoms with van der Waals surface area (Å²) < 4.78 is 33.6. The van der Waals surface area contributed by atoms with E-state index in [1.807, 2.05) is 30.3 Å². The summed E-state index contributed by atoms with van der Waals surface area (Å²) in [6.07, 6.45) is 1.14. The molecule has 0 unspecified atom stereocenters. The van der Waals surface area contributed by atoms with Crippen LogP contribution in [0.15, 0.2) is 89.8 Å². The fraction of sp³-hybridized carbons (Fsp3) is 0.286. The molecule has 1 fully saturated rings. The fourth-order valence-electron chi connectivity index (χ4n) is 4.32. The second-order valence-electron chi connectivity index (χ2n) is 8.68. The van der Waals surface area contributed by atoms with Crippen molar-refractivity contribution in [3.8, 4) is 0 Å². The van der Waals surface area contributed by atoms with Gasteiger partial charge in [0.15, 0.2) is 0 Å². The van der Waals surface area contributed by atoms with Gasteiger partial charge in [-0.05, 0) is 61.7 Å². The Morgan fingerprint density at radius 2 is 1.47 bits per heavy atom. The number of benzene rings is 3. The van der Waals surface area contributed by atoms with Gasteiger partial charge in [-0.1, -0.05) is 48.5 Å². The Kier molecular flexibility index (Phi) is 8.05. The van der Waals surface area contributed by atoms with Gasteiger partial charge in [0.05, 0.1) is 29.7 Å².